The van der Waals surface area contributed by atoms with E-state index in [-0.39, 0.29) is 12.5 Å². The van der Waals surface area contributed by atoms with Gasteiger partial charge in [-0.2, -0.15) is 5.21 Å². The zero-order valence-electron chi connectivity index (χ0n) is 20.2. The highest BCUT2D eigenvalue weighted by atomic mass is 16.6. The van der Waals surface area contributed by atoms with E-state index in [1.807, 2.05) is 18.2 Å². The fourth-order valence-electron chi connectivity index (χ4n) is 4.01. The van der Waals surface area contributed by atoms with Crippen molar-refractivity contribution in [3.8, 4) is 17.2 Å². The average molecular weight is 480 g/mol. The molecule has 9 heteroatoms. The molecule has 1 aliphatic rings. The fourth-order valence-corrected chi connectivity index (χ4v) is 4.01. The molecule has 186 valence electrons. The summed E-state index contributed by atoms with van der Waals surface area (Å²) in [5.74, 6) is 1.65. The summed E-state index contributed by atoms with van der Waals surface area (Å²) in [6, 6.07) is 12.6. The third kappa shape index (κ3) is 6.71. The van der Waals surface area contributed by atoms with Crippen molar-refractivity contribution in [3.63, 3.8) is 0 Å². The van der Waals surface area contributed by atoms with Gasteiger partial charge in [-0.05, 0) is 30.7 Å². The summed E-state index contributed by atoms with van der Waals surface area (Å²) in [5.41, 5.74) is 0.967. The smallest absolute Gasteiger partial charge is 0.259 e. The van der Waals surface area contributed by atoms with Gasteiger partial charge in [0, 0.05) is 0 Å². The maximum atomic E-state index is 13.2. The molecule has 0 bridgehead atoms. The van der Waals surface area contributed by atoms with Crippen molar-refractivity contribution in [2.45, 2.75) is 64.4 Å². The third-order valence-electron chi connectivity index (χ3n) is 5.91. The molecule has 1 amide bonds. The molecular weight excluding hydrogens is 446 g/mol. The van der Waals surface area contributed by atoms with Crippen molar-refractivity contribution in [1.29, 1.82) is 0 Å². The molecule has 0 aliphatic carbocycles. The van der Waals surface area contributed by atoms with Crippen molar-refractivity contribution in [2.24, 2.45) is 0 Å². The highest BCUT2D eigenvalue weighted by molar-refractivity contribution is 6.07. The molecule has 1 atom stereocenters. The Labute approximate surface area is 205 Å². The van der Waals surface area contributed by atoms with Crippen LogP contribution in [0.4, 0.5) is 5.69 Å². The number of ether oxygens (including phenoxy) is 3. The van der Waals surface area contributed by atoms with Crippen LogP contribution in [0.3, 0.4) is 0 Å². The van der Waals surface area contributed by atoms with Gasteiger partial charge in [0.25, 0.3) is 5.91 Å². The average Bonchev–Trinajstić information content (AvgIpc) is 3.43. The number of fused-ring (bicyclic) bond motifs is 1. The van der Waals surface area contributed by atoms with Gasteiger partial charge in [0.05, 0.1) is 17.9 Å². The van der Waals surface area contributed by atoms with Crippen LogP contribution in [0, 0.1) is 0 Å². The lowest BCUT2D eigenvalue weighted by atomic mass is 10.1. The van der Waals surface area contributed by atoms with E-state index in [2.05, 4.69) is 32.9 Å². The normalized spacial score (nSPS) is 14.5. The number of nitrogens with one attached hydrogen (secondary N) is 2. The Morgan fingerprint density at radius 2 is 1.86 bits per heavy atom. The number of aromatic amines is 1. The molecule has 2 aromatic carbocycles. The molecule has 3 aromatic rings. The van der Waals surface area contributed by atoms with Crippen LogP contribution in [-0.4, -0.2) is 39.7 Å². The number of carbonyl (C=O) groups excluding carboxylic acids is 1. The summed E-state index contributed by atoms with van der Waals surface area (Å²) >= 11 is 0. The summed E-state index contributed by atoms with van der Waals surface area (Å²) in [4.78, 5) is 13.2. The van der Waals surface area contributed by atoms with E-state index in [1.165, 1.54) is 38.5 Å². The van der Waals surface area contributed by atoms with Crippen LogP contribution in [0.5, 0.6) is 17.2 Å². The number of benzene rings is 2. The van der Waals surface area contributed by atoms with Crippen molar-refractivity contribution < 1.29 is 19.0 Å². The van der Waals surface area contributed by atoms with Gasteiger partial charge >= 0.3 is 0 Å². The number of H-pyrrole nitrogens is 1. The standard InChI is InChI=1S/C26H33N5O4/c1-2-3-4-5-6-7-8-11-17-33-21-15-10-9-13-19(21)26(32)27-20-14-12-16-22-24(20)35-23(18-34-22)25-28-30-31-29-25/h9-10,12-16,23H,2-8,11,17-18H2,1H3,(H,27,32)(H,28,29,30,31). The highest BCUT2D eigenvalue weighted by Crippen LogP contribution is 2.41. The Balaban J connectivity index is 1.33. The van der Waals surface area contributed by atoms with Crippen molar-refractivity contribution >= 4 is 11.6 Å². The van der Waals surface area contributed by atoms with E-state index in [1.54, 1.807) is 24.3 Å². The zero-order valence-corrected chi connectivity index (χ0v) is 20.2. The Bertz CT molecular complexity index is 1070. The predicted octanol–water partition coefficient (Wildman–Crippen LogP) is 5.48. The van der Waals surface area contributed by atoms with E-state index in [0.29, 0.717) is 40.9 Å². The van der Waals surface area contributed by atoms with Crippen LogP contribution in [0.2, 0.25) is 0 Å². The van der Waals surface area contributed by atoms with Gasteiger partial charge in [0.15, 0.2) is 17.6 Å². The second kappa shape index (κ2) is 12.7. The first-order chi connectivity index (χ1) is 17.3. The second-order valence-electron chi connectivity index (χ2n) is 8.59. The number of para-hydroxylation sites is 2. The second-order valence-corrected chi connectivity index (χ2v) is 8.59. The maximum Gasteiger partial charge on any atom is 0.259 e. The number of aromatic nitrogens is 4. The van der Waals surface area contributed by atoms with Crippen LogP contribution in [0.15, 0.2) is 42.5 Å². The van der Waals surface area contributed by atoms with Crippen molar-refractivity contribution in [3.05, 3.63) is 53.9 Å². The van der Waals surface area contributed by atoms with E-state index in [9.17, 15) is 4.79 Å². The topological polar surface area (TPSA) is 111 Å². The van der Waals surface area contributed by atoms with Crippen LogP contribution in [0.1, 0.15) is 80.6 Å². The first-order valence-corrected chi connectivity index (χ1v) is 12.4. The van der Waals surface area contributed by atoms with Crippen LogP contribution >= 0.6 is 0 Å². The minimum atomic E-state index is -0.526. The van der Waals surface area contributed by atoms with Gasteiger partial charge in [-0.1, -0.05) is 75.3 Å². The van der Waals surface area contributed by atoms with Crippen molar-refractivity contribution in [1.82, 2.24) is 20.6 Å². The summed E-state index contributed by atoms with van der Waals surface area (Å²) < 4.78 is 17.8. The number of unbranched alkanes of at least 4 members (excludes halogenated alkanes) is 7. The summed E-state index contributed by atoms with van der Waals surface area (Å²) in [5, 5.41) is 16.9. The van der Waals surface area contributed by atoms with Gasteiger partial charge < -0.3 is 19.5 Å². The van der Waals surface area contributed by atoms with Gasteiger partial charge in [-0.3, -0.25) is 4.79 Å². The number of rotatable bonds is 13. The molecular formula is C26H33N5O4. The Morgan fingerprint density at radius 1 is 1.06 bits per heavy atom. The first-order valence-electron chi connectivity index (χ1n) is 12.4. The molecule has 0 fully saturated rings. The maximum absolute atomic E-state index is 13.2. The molecule has 35 heavy (non-hydrogen) atoms. The predicted molar refractivity (Wildman–Crippen MR) is 132 cm³/mol. The SMILES string of the molecule is CCCCCCCCCCOc1ccccc1C(=O)Nc1cccc2c1OC(c1nn[nH]n1)CO2. The number of anilines is 1. The first kappa shape index (κ1) is 24.5. The van der Waals surface area contributed by atoms with E-state index in [4.69, 9.17) is 14.2 Å². The number of amides is 1. The zero-order chi connectivity index (χ0) is 24.3. The highest BCUT2D eigenvalue weighted by Gasteiger charge is 2.28. The quantitative estimate of drug-likeness (QED) is 0.312. The van der Waals surface area contributed by atoms with Crippen molar-refractivity contribution in [2.75, 3.05) is 18.5 Å². The molecule has 2 heterocycles. The minimum Gasteiger partial charge on any atom is -0.493 e. The third-order valence-corrected chi connectivity index (χ3v) is 5.91. The lowest BCUT2D eigenvalue weighted by Gasteiger charge is -2.26. The van der Waals surface area contributed by atoms with Crippen LogP contribution in [0.25, 0.3) is 0 Å². The van der Waals surface area contributed by atoms with Gasteiger partial charge in [-0.15, -0.1) is 10.2 Å². The molecule has 0 saturated heterocycles. The number of carbonyl (C=O) groups is 1. The molecule has 1 aliphatic heterocycles. The minimum absolute atomic E-state index is 0.249. The number of hydrogen-bond donors (Lipinski definition) is 2. The van der Waals surface area contributed by atoms with Gasteiger partial charge in [0.1, 0.15) is 12.4 Å². The molecule has 0 radical (unpaired) electrons. The number of nitrogens with zero attached hydrogens (tertiary/aromatic N) is 3. The molecule has 0 spiro atoms. The largest absolute Gasteiger partial charge is 0.493 e. The van der Waals surface area contributed by atoms with E-state index < -0.39 is 6.10 Å². The lowest BCUT2D eigenvalue weighted by Crippen LogP contribution is -2.24. The Kier molecular flexibility index (Phi) is 8.91. The van der Waals surface area contributed by atoms with Crippen LogP contribution in [-0.2, 0) is 0 Å². The number of hydrogen-bond acceptors (Lipinski definition) is 7. The van der Waals surface area contributed by atoms with E-state index >= 15 is 0 Å². The molecule has 1 aromatic heterocycles. The van der Waals surface area contributed by atoms with Crippen LogP contribution < -0.4 is 19.5 Å². The molecule has 1 unspecified atom stereocenters. The van der Waals surface area contributed by atoms with Gasteiger partial charge in [-0.25, -0.2) is 0 Å². The van der Waals surface area contributed by atoms with E-state index in [0.717, 1.165) is 12.8 Å². The Morgan fingerprint density at radius 3 is 2.66 bits per heavy atom. The Hall–Kier alpha value is -3.62. The molecule has 4 rings (SSSR count). The molecule has 9 nitrogen and oxygen atoms in total. The number of tetrazole rings is 1. The fraction of sp³-hybridized carbons (Fsp3) is 0.462. The lowest BCUT2D eigenvalue weighted by molar-refractivity contribution is 0.0856. The summed E-state index contributed by atoms with van der Waals surface area (Å²) in [6.07, 6.45) is 9.32. The molecule has 2 N–H and O–H groups in total. The summed E-state index contributed by atoms with van der Waals surface area (Å²) in [6.45, 7) is 3.07. The van der Waals surface area contributed by atoms with Gasteiger partial charge in [0.2, 0.25) is 5.82 Å². The molecule has 0 saturated carbocycles. The monoisotopic (exact) mass is 479 g/mol. The summed E-state index contributed by atoms with van der Waals surface area (Å²) in [7, 11) is 0.